The van der Waals surface area contributed by atoms with Crippen LogP contribution in [0.1, 0.15) is 73.5 Å². The fourth-order valence-corrected chi connectivity index (χ4v) is 7.23. The number of amides is 1. The van der Waals surface area contributed by atoms with Gasteiger partial charge in [-0.05, 0) is 62.3 Å². The van der Waals surface area contributed by atoms with E-state index in [2.05, 4.69) is 10.0 Å². The van der Waals surface area contributed by atoms with Crippen LogP contribution in [0.4, 0.5) is 13.2 Å². The van der Waals surface area contributed by atoms with Gasteiger partial charge in [-0.3, -0.25) is 4.79 Å². The fraction of sp³-hybridized carbons (Fsp3) is 0.633. The first-order chi connectivity index (χ1) is 19.5. The van der Waals surface area contributed by atoms with Crippen LogP contribution in [0.25, 0.3) is 11.3 Å². The molecule has 3 heterocycles. The van der Waals surface area contributed by atoms with Gasteiger partial charge in [0.25, 0.3) is 5.91 Å². The molecule has 5 rings (SSSR count). The molecule has 3 fully saturated rings. The van der Waals surface area contributed by atoms with E-state index in [0.717, 1.165) is 50.3 Å². The summed E-state index contributed by atoms with van der Waals surface area (Å²) >= 11 is 0. The summed E-state index contributed by atoms with van der Waals surface area (Å²) in [5.41, 5.74) is 0.955. The topological polar surface area (TPSA) is 81.6 Å². The van der Waals surface area contributed by atoms with Crippen LogP contribution in [-0.4, -0.2) is 53.7 Å². The molecular formula is C30H40F3N3O4S. The molecule has 2 saturated heterocycles. The molecule has 1 aromatic carbocycles. The van der Waals surface area contributed by atoms with E-state index in [1.54, 1.807) is 12.1 Å². The van der Waals surface area contributed by atoms with Gasteiger partial charge in [0.2, 0.25) is 0 Å². The summed E-state index contributed by atoms with van der Waals surface area (Å²) in [5.74, 6) is 0.180. The number of nitrogens with one attached hydrogen (secondary N) is 2. The Balaban J connectivity index is 1.48. The zero-order valence-corrected chi connectivity index (χ0v) is 24.6. The van der Waals surface area contributed by atoms with Crippen LogP contribution in [0.3, 0.4) is 0 Å². The second kappa shape index (κ2) is 12.6. The first-order valence-corrected chi connectivity index (χ1v) is 15.7. The zero-order chi connectivity index (χ0) is 29.2. The maximum Gasteiger partial charge on any atom is 0.417 e. The Hall–Kier alpha value is -2.21. The van der Waals surface area contributed by atoms with Crippen molar-refractivity contribution in [2.75, 3.05) is 33.0 Å². The van der Waals surface area contributed by atoms with Crippen LogP contribution in [0.2, 0.25) is 0 Å². The Morgan fingerprint density at radius 1 is 1.07 bits per heavy atom. The number of aromatic nitrogens is 1. The number of carbonyl (C=O) groups is 1. The molecule has 1 unspecified atom stereocenters. The number of alkyl halides is 3. The van der Waals surface area contributed by atoms with Gasteiger partial charge >= 0.3 is 6.18 Å². The van der Waals surface area contributed by atoms with Crippen molar-refractivity contribution in [3.05, 3.63) is 41.1 Å². The molecule has 0 bridgehead atoms. The normalized spacial score (nSPS) is 20.9. The minimum atomic E-state index is -4.70. The van der Waals surface area contributed by atoms with Crippen molar-refractivity contribution >= 4 is 16.9 Å². The summed E-state index contributed by atoms with van der Waals surface area (Å²) < 4.78 is 71.4. The second-order valence-electron chi connectivity index (χ2n) is 12.1. The van der Waals surface area contributed by atoms with Crippen LogP contribution >= 0.6 is 0 Å². The highest BCUT2D eigenvalue weighted by Gasteiger charge is 2.38. The van der Waals surface area contributed by atoms with Gasteiger partial charge < -0.3 is 19.4 Å². The molecule has 3 aliphatic rings. The quantitative estimate of drug-likeness (QED) is 0.395. The molecule has 1 saturated carbocycles. The first-order valence-electron chi connectivity index (χ1n) is 14.6. The predicted molar refractivity (Wildman–Crippen MR) is 151 cm³/mol. The average Bonchev–Trinajstić information content (AvgIpc) is 3.26. The molecule has 41 heavy (non-hydrogen) atoms. The number of carbonyl (C=O) groups excluding carboxylic acids is 1. The van der Waals surface area contributed by atoms with E-state index in [1.807, 2.05) is 18.4 Å². The Morgan fingerprint density at radius 2 is 1.78 bits per heavy atom. The third kappa shape index (κ3) is 7.06. The molecule has 1 aliphatic carbocycles. The fourth-order valence-electron chi connectivity index (χ4n) is 6.03. The van der Waals surface area contributed by atoms with E-state index in [1.165, 1.54) is 12.5 Å². The minimum absolute atomic E-state index is 0.00754. The van der Waals surface area contributed by atoms with Gasteiger partial charge in [0.05, 0.1) is 29.2 Å². The predicted octanol–water partition coefficient (Wildman–Crippen LogP) is 5.62. The molecule has 226 valence electrons. The van der Waals surface area contributed by atoms with Crippen LogP contribution in [0.15, 0.2) is 29.2 Å². The number of benzene rings is 1. The largest absolute Gasteiger partial charge is 0.417 e. The van der Waals surface area contributed by atoms with E-state index in [0.29, 0.717) is 55.7 Å². The lowest BCUT2D eigenvalue weighted by molar-refractivity contribution is -0.139. The molecule has 2 N–H and O–H groups in total. The summed E-state index contributed by atoms with van der Waals surface area (Å²) in [4.78, 5) is 13.1. The second-order valence-corrected chi connectivity index (χ2v) is 13.4. The number of rotatable bonds is 9. The standard InChI is InChI=1S/C30H40F3N3O4S/c1-20-24(28(37)35-23-10-12-39-13-11-23)15-26(36(20)16-21-6-4-3-5-7-21)22-8-9-27(25(14-22)30(31,32)33)41(38)34-17-29(2)18-40-19-29/h8-9,14-15,21,23,34H,3-7,10-13,16-19H2,1-2H3,(H,35,37). The molecule has 2 aliphatic heterocycles. The number of ether oxygens (including phenoxy) is 2. The lowest BCUT2D eigenvalue weighted by Crippen LogP contribution is -2.47. The molecule has 0 radical (unpaired) electrons. The highest BCUT2D eigenvalue weighted by Crippen LogP contribution is 2.38. The molecule has 1 amide bonds. The van der Waals surface area contributed by atoms with E-state index in [9.17, 15) is 22.2 Å². The Bertz CT molecular complexity index is 1260. The average molecular weight is 596 g/mol. The molecule has 2 aromatic rings. The third-order valence-electron chi connectivity index (χ3n) is 8.64. The van der Waals surface area contributed by atoms with Crippen LogP contribution in [-0.2, 0) is 33.2 Å². The van der Waals surface area contributed by atoms with Gasteiger partial charge in [-0.15, -0.1) is 0 Å². The summed E-state index contributed by atoms with van der Waals surface area (Å²) in [6.07, 6.45) is 2.33. The lowest BCUT2D eigenvalue weighted by atomic mass is 9.89. The first kappa shape index (κ1) is 30.3. The van der Waals surface area contributed by atoms with Crippen molar-refractivity contribution in [3.63, 3.8) is 0 Å². The van der Waals surface area contributed by atoms with Crippen LogP contribution < -0.4 is 10.0 Å². The van der Waals surface area contributed by atoms with Gasteiger partial charge in [0.1, 0.15) is 11.0 Å². The van der Waals surface area contributed by atoms with Gasteiger partial charge in [0, 0.05) is 49.1 Å². The van der Waals surface area contributed by atoms with Crippen molar-refractivity contribution in [2.45, 2.75) is 82.5 Å². The Kier molecular flexibility index (Phi) is 9.28. The van der Waals surface area contributed by atoms with Gasteiger partial charge in [0.15, 0.2) is 0 Å². The van der Waals surface area contributed by atoms with Crippen LogP contribution in [0.5, 0.6) is 0 Å². The summed E-state index contributed by atoms with van der Waals surface area (Å²) in [6.45, 7) is 6.87. The Labute approximate surface area is 242 Å². The van der Waals surface area contributed by atoms with Gasteiger partial charge in [-0.1, -0.05) is 32.3 Å². The van der Waals surface area contributed by atoms with Crippen molar-refractivity contribution in [3.8, 4) is 11.3 Å². The lowest BCUT2D eigenvalue weighted by Gasteiger charge is -2.37. The molecule has 11 heteroatoms. The zero-order valence-electron chi connectivity index (χ0n) is 23.8. The number of halogens is 3. The maximum absolute atomic E-state index is 14.3. The van der Waals surface area contributed by atoms with Crippen molar-refractivity contribution in [1.29, 1.82) is 0 Å². The van der Waals surface area contributed by atoms with Gasteiger partial charge in [-0.25, -0.2) is 8.93 Å². The Morgan fingerprint density at radius 3 is 2.41 bits per heavy atom. The molecular weight excluding hydrogens is 555 g/mol. The highest BCUT2D eigenvalue weighted by atomic mass is 32.2. The molecule has 7 nitrogen and oxygen atoms in total. The molecule has 0 spiro atoms. The van der Waals surface area contributed by atoms with E-state index >= 15 is 0 Å². The number of nitrogens with zero attached hydrogens (tertiary/aromatic N) is 1. The summed E-state index contributed by atoms with van der Waals surface area (Å²) in [7, 11) is -2.05. The van der Waals surface area contributed by atoms with Gasteiger partial charge in [-0.2, -0.15) is 13.2 Å². The molecule has 1 atom stereocenters. The SMILES string of the molecule is Cc1c(C(=O)NC2CCOCC2)cc(-c2ccc(S(=O)NCC3(C)COC3)c(C(F)(F)F)c2)n1CC1CCCCC1. The highest BCUT2D eigenvalue weighted by molar-refractivity contribution is 7.83. The van der Waals surface area contributed by atoms with E-state index in [-0.39, 0.29) is 28.8 Å². The number of hydrogen-bond acceptors (Lipinski definition) is 4. The summed E-state index contributed by atoms with van der Waals surface area (Å²) in [6, 6.07) is 5.69. The third-order valence-corrected chi connectivity index (χ3v) is 9.81. The number of hydrogen-bond donors (Lipinski definition) is 2. The minimum Gasteiger partial charge on any atom is -0.381 e. The maximum atomic E-state index is 14.3. The van der Waals surface area contributed by atoms with E-state index < -0.39 is 22.7 Å². The smallest absolute Gasteiger partial charge is 0.381 e. The van der Waals surface area contributed by atoms with Crippen molar-refractivity contribution in [2.24, 2.45) is 11.3 Å². The van der Waals surface area contributed by atoms with Crippen molar-refractivity contribution < 1.29 is 31.6 Å². The molecule has 1 aromatic heterocycles. The monoisotopic (exact) mass is 595 g/mol. The van der Waals surface area contributed by atoms with E-state index in [4.69, 9.17) is 9.47 Å². The summed E-state index contributed by atoms with van der Waals surface area (Å²) in [5, 5.41) is 3.10. The van der Waals surface area contributed by atoms with Crippen LogP contribution in [0, 0.1) is 18.3 Å². The van der Waals surface area contributed by atoms with Crippen molar-refractivity contribution in [1.82, 2.24) is 14.6 Å².